The summed E-state index contributed by atoms with van der Waals surface area (Å²) >= 11 is 6.04. The molecule has 0 bridgehead atoms. The van der Waals surface area contributed by atoms with E-state index in [9.17, 15) is 0 Å². The van der Waals surface area contributed by atoms with Gasteiger partial charge in [-0.2, -0.15) is 0 Å². The highest BCUT2D eigenvalue weighted by atomic mass is 35.5. The summed E-state index contributed by atoms with van der Waals surface area (Å²) in [5.74, 6) is 0. The zero-order valence-electron chi connectivity index (χ0n) is 12.0. The number of hydrogen-bond acceptors (Lipinski definition) is 2. The minimum atomic E-state index is 0.717. The van der Waals surface area contributed by atoms with Gasteiger partial charge in [-0.05, 0) is 57.0 Å². The third-order valence-electron chi connectivity index (χ3n) is 4.13. The average molecular weight is 281 g/mol. The Balaban J connectivity index is 1.82. The molecule has 0 radical (unpaired) electrons. The van der Waals surface area contributed by atoms with E-state index in [0.29, 0.717) is 6.04 Å². The highest BCUT2D eigenvalue weighted by molar-refractivity contribution is 6.30. The molecule has 0 spiro atoms. The molecule has 19 heavy (non-hydrogen) atoms. The van der Waals surface area contributed by atoms with Crippen LogP contribution in [0.5, 0.6) is 0 Å². The molecule has 1 fully saturated rings. The molecule has 0 heterocycles. The molecule has 1 saturated carbocycles. The number of halogens is 1. The van der Waals surface area contributed by atoms with Crippen LogP contribution < -0.4 is 5.32 Å². The zero-order valence-corrected chi connectivity index (χ0v) is 12.8. The van der Waals surface area contributed by atoms with Gasteiger partial charge >= 0.3 is 0 Å². The van der Waals surface area contributed by atoms with Crippen molar-refractivity contribution >= 4 is 11.6 Å². The van der Waals surface area contributed by atoms with Crippen LogP contribution >= 0.6 is 11.6 Å². The van der Waals surface area contributed by atoms with E-state index >= 15 is 0 Å². The van der Waals surface area contributed by atoms with Crippen LogP contribution in [0.25, 0.3) is 0 Å². The van der Waals surface area contributed by atoms with Crippen LogP contribution in [0.1, 0.15) is 38.2 Å². The summed E-state index contributed by atoms with van der Waals surface area (Å²) in [5, 5.41) is 4.40. The van der Waals surface area contributed by atoms with Crippen molar-refractivity contribution in [2.75, 3.05) is 13.6 Å². The summed E-state index contributed by atoms with van der Waals surface area (Å²) in [6.45, 7) is 4.28. The Labute approximate surface area is 122 Å². The predicted octanol–water partition coefficient (Wildman–Crippen LogP) is 3.69. The lowest BCUT2D eigenvalue weighted by atomic mass is 9.90. The van der Waals surface area contributed by atoms with Gasteiger partial charge in [-0.25, -0.2) is 0 Å². The highest BCUT2D eigenvalue weighted by Gasteiger charge is 2.23. The second-order valence-corrected chi connectivity index (χ2v) is 6.04. The largest absolute Gasteiger partial charge is 0.314 e. The van der Waals surface area contributed by atoms with Crippen molar-refractivity contribution in [3.8, 4) is 0 Å². The number of nitrogens with zero attached hydrogens (tertiary/aromatic N) is 1. The summed E-state index contributed by atoms with van der Waals surface area (Å²) in [7, 11) is 2.24. The van der Waals surface area contributed by atoms with E-state index in [4.69, 9.17) is 11.6 Å². The van der Waals surface area contributed by atoms with Gasteiger partial charge in [0.05, 0.1) is 0 Å². The normalized spacial score (nSPS) is 23.8. The van der Waals surface area contributed by atoms with Crippen molar-refractivity contribution in [1.29, 1.82) is 0 Å². The Morgan fingerprint density at radius 2 is 2.00 bits per heavy atom. The molecule has 0 atom stereocenters. The molecule has 0 aliphatic heterocycles. The third kappa shape index (κ3) is 4.48. The van der Waals surface area contributed by atoms with Gasteiger partial charge in [-0.3, -0.25) is 4.90 Å². The van der Waals surface area contributed by atoms with Gasteiger partial charge < -0.3 is 5.32 Å². The topological polar surface area (TPSA) is 15.3 Å². The van der Waals surface area contributed by atoms with Gasteiger partial charge in [0.2, 0.25) is 0 Å². The second-order valence-electron chi connectivity index (χ2n) is 5.61. The summed E-state index contributed by atoms with van der Waals surface area (Å²) in [5.41, 5.74) is 1.31. The number of rotatable bonds is 5. The van der Waals surface area contributed by atoms with Gasteiger partial charge in [0.15, 0.2) is 0 Å². The van der Waals surface area contributed by atoms with E-state index in [2.05, 4.69) is 36.3 Å². The molecular weight excluding hydrogens is 256 g/mol. The lowest BCUT2D eigenvalue weighted by Crippen LogP contribution is -2.40. The van der Waals surface area contributed by atoms with E-state index in [1.165, 1.54) is 31.2 Å². The van der Waals surface area contributed by atoms with Crippen molar-refractivity contribution in [3.63, 3.8) is 0 Å². The highest BCUT2D eigenvalue weighted by Crippen LogP contribution is 2.24. The van der Waals surface area contributed by atoms with Crippen LogP contribution in [-0.4, -0.2) is 30.6 Å². The molecule has 2 rings (SSSR count). The molecule has 2 nitrogen and oxygen atoms in total. The Kier molecular flexibility index (Phi) is 5.68. The lowest BCUT2D eigenvalue weighted by molar-refractivity contribution is 0.168. The summed E-state index contributed by atoms with van der Waals surface area (Å²) < 4.78 is 0. The van der Waals surface area contributed by atoms with Gasteiger partial charge in [-0.15, -0.1) is 0 Å². The Bertz CT molecular complexity index is 386. The smallest absolute Gasteiger partial charge is 0.0409 e. The number of nitrogens with one attached hydrogen (secondary N) is 1. The molecule has 3 heteroatoms. The monoisotopic (exact) mass is 280 g/mol. The van der Waals surface area contributed by atoms with Crippen molar-refractivity contribution in [1.82, 2.24) is 10.2 Å². The second kappa shape index (κ2) is 7.28. The fraction of sp³-hybridized carbons (Fsp3) is 0.625. The number of hydrogen-bond donors (Lipinski definition) is 1. The third-order valence-corrected chi connectivity index (χ3v) is 4.37. The molecular formula is C16H25ClN2. The lowest BCUT2D eigenvalue weighted by Gasteiger charge is -2.35. The van der Waals surface area contributed by atoms with Crippen LogP contribution in [0.2, 0.25) is 5.02 Å². The Morgan fingerprint density at radius 3 is 2.63 bits per heavy atom. The molecule has 0 unspecified atom stereocenters. The first-order valence-electron chi connectivity index (χ1n) is 7.37. The fourth-order valence-corrected chi connectivity index (χ4v) is 3.27. The fourth-order valence-electron chi connectivity index (χ4n) is 3.06. The van der Waals surface area contributed by atoms with Crippen molar-refractivity contribution < 1.29 is 0 Å². The quantitative estimate of drug-likeness (QED) is 0.885. The van der Waals surface area contributed by atoms with E-state index in [1.54, 1.807) is 0 Å². The van der Waals surface area contributed by atoms with Crippen molar-refractivity contribution in [2.45, 2.75) is 51.2 Å². The maximum Gasteiger partial charge on any atom is 0.0409 e. The summed E-state index contributed by atoms with van der Waals surface area (Å²) in [6.07, 6.45) is 5.21. The minimum absolute atomic E-state index is 0.717. The molecule has 1 aliphatic rings. The zero-order chi connectivity index (χ0) is 13.7. The maximum absolute atomic E-state index is 6.04. The van der Waals surface area contributed by atoms with Gasteiger partial charge in [0.1, 0.15) is 0 Å². The average Bonchev–Trinajstić information content (AvgIpc) is 2.40. The molecule has 1 N–H and O–H groups in total. The van der Waals surface area contributed by atoms with Crippen LogP contribution in [0, 0.1) is 0 Å². The molecule has 0 saturated heterocycles. The van der Waals surface area contributed by atoms with Crippen molar-refractivity contribution in [3.05, 3.63) is 34.9 Å². The first kappa shape index (κ1) is 14.8. The van der Waals surface area contributed by atoms with E-state index in [-0.39, 0.29) is 0 Å². The van der Waals surface area contributed by atoms with E-state index in [0.717, 1.165) is 24.2 Å². The molecule has 106 valence electrons. The van der Waals surface area contributed by atoms with E-state index < -0.39 is 0 Å². The minimum Gasteiger partial charge on any atom is -0.314 e. The van der Waals surface area contributed by atoms with Gasteiger partial charge in [-0.1, -0.05) is 30.7 Å². The Morgan fingerprint density at radius 1 is 1.26 bits per heavy atom. The summed E-state index contributed by atoms with van der Waals surface area (Å²) in [4.78, 5) is 2.48. The first-order chi connectivity index (χ1) is 9.19. The predicted molar refractivity (Wildman–Crippen MR) is 82.6 cm³/mol. The molecule has 1 aromatic rings. The van der Waals surface area contributed by atoms with Crippen LogP contribution in [0.4, 0.5) is 0 Å². The van der Waals surface area contributed by atoms with E-state index in [1.807, 2.05) is 12.1 Å². The molecule has 0 aromatic heterocycles. The molecule has 1 aromatic carbocycles. The van der Waals surface area contributed by atoms with Gasteiger partial charge in [0, 0.05) is 23.7 Å². The summed E-state index contributed by atoms with van der Waals surface area (Å²) in [6, 6.07) is 9.66. The van der Waals surface area contributed by atoms with Crippen LogP contribution in [0.3, 0.4) is 0 Å². The Hall–Kier alpha value is -0.570. The molecule has 0 amide bonds. The van der Waals surface area contributed by atoms with Crippen LogP contribution in [-0.2, 0) is 6.54 Å². The SMILES string of the molecule is CCNC1CCC(N(C)Cc2cccc(Cl)c2)CC1. The van der Waals surface area contributed by atoms with Crippen molar-refractivity contribution in [2.24, 2.45) is 0 Å². The number of benzene rings is 1. The first-order valence-corrected chi connectivity index (χ1v) is 7.75. The van der Waals surface area contributed by atoms with Gasteiger partial charge in [0.25, 0.3) is 0 Å². The molecule has 1 aliphatic carbocycles. The maximum atomic E-state index is 6.04. The van der Waals surface area contributed by atoms with Crippen LogP contribution in [0.15, 0.2) is 24.3 Å². The standard InChI is InChI=1S/C16H25ClN2/c1-3-18-15-7-9-16(10-8-15)19(2)12-13-5-4-6-14(17)11-13/h4-6,11,15-16,18H,3,7-10,12H2,1-2H3.